The molecule has 2 aliphatic heterocycles. The highest BCUT2D eigenvalue weighted by atomic mass is 32.2. The summed E-state index contributed by atoms with van der Waals surface area (Å²) in [5.74, 6) is -0.711. The van der Waals surface area contributed by atoms with Crippen molar-refractivity contribution in [2.75, 3.05) is 30.8 Å². The van der Waals surface area contributed by atoms with Crippen molar-refractivity contribution in [3.05, 3.63) is 83.4 Å². The Morgan fingerprint density at radius 2 is 1.81 bits per heavy atom. The van der Waals surface area contributed by atoms with Crippen molar-refractivity contribution in [1.29, 1.82) is 0 Å². The Labute approximate surface area is 247 Å². The molecule has 3 aromatic heterocycles. The summed E-state index contributed by atoms with van der Waals surface area (Å²) in [7, 11) is -1.44. The number of rotatable bonds is 5. The lowest BCUT2D eigenvalue weighted by molar-refractivity contribution is 0.0672. The molecule has 0 N–H and O–H groups in total. The van der Waals surface area contributed by atoms with Crippen LogP contribution in [-0.2, 0) is 23.3 Å². The zero-order chi connectivity index (χ0) is 30.0. The van der Waals surface area contributed by atoms with Gasteiger partial charge in [-0.25, -0.2) is 22.3 Å². The van der Waals surface area contributed by atoms with Gasteiger partial charge in [0.05, 0.1) is 28.9 Å². The maximum absolute atomic E-state index is 15.5. The van der Waals surface area contributed by atoms with Crippen LogP contribution >= 0.6 is 0 Å². The molecule has 2 aliphatic rings. The maximum atomic E-state index is 15.5. The van der Waals surface area contributed by atoms with Gasteiger partial charge in [-0.2, -0.15) is 20.1 Å². The van der Waals surface area contributed by atoms with Crippen molar-refractivity contribution in [3.63, 3.8) is 0 Å². The first-order valence-electron chi connectivity index (χ1n) is 14.0. The summed E-state index contributed by atoms with van der Waals surface area (Å²) < 4.78 is 40.6. The van der Waals surface area contributed by atoms with Gasteiger partial charge in [0, 0.05) is 50.3 Å². The summed E-state index contributed by atoms with van der Waals surface area (Å²) in [5, 5.41) is 12.8. The molecular formula is C30H29FN8O3S. The fraction of sp³-hybridized carbons (Fsp3) is 0.300. The number of aryl methyl sites for hydroxylation is 1. The van der Waals surface area contributed by atoms with Crippen molar-refractivity contribution in [1.82, 2.24) is 34.5 Å². The minimum absolute atomic E-state index is 0.123. The lowest BCUT2D eigenvalue weighted by atomic mass is 9.93. The minimum atomic E-state index is -3.14. The summed E-state index contributed by atoms with van der Waals surface area (Å²) in [6.45, 7) is 3.24. The van der Waals surface area contributed by atoms with Crippen LogP contribution in [0, 0.1) is 5.82 Å². The van der Waals surface area contributed by atoms with Gasteiger partial charge in [0.1, 0.15) is 17.2 Å². The van der Waals surface area contributed by atoms with Gasteiger partial charge in [0.25, 0.3) is 5.91 Å². The fourth-order valence-corrected chi connectivity index (χ4v) is 6.79. The standard InChI is InChI=1S/C30H29FN8O3S/c1-18-22-7-5-4-6-19(22)10-11-38(18)30(40)26-13-28(27-15-32-36(2)34-27)39-29(33-26)14-25(35-39)23-9-8-20(12-24(23)31)37-16-21(17-37)43(3,41)42/h4-9,12-15,18,21H,10-11,16-17H2,1-3H3/t18-/m1/s1. The molecule has 0 bridgehead atoms. The summed E-state index contributed by atoms with van der Waals surface area (Å²) >= 11 is 0. The number of hydrogen-bond donors (Lipinski definition) is 0. The second-order valence-electron chi connectivity index (χ2n) is 11.2. The van der Waals surface area contributed by atoms with Gasteiger partial charge in [0.2, 0.25) is 0 Å². The predicted molar refractivity (Wildman–Crippen MR) is 159 cm³/mol. The number of hydrogen-bond acceptors (Lipinski definition) is 8. The Bertz CT molecular complexity index is 2010. The minimum Gasteiger partial charge on any atom is -0.369 e. The van der Waals surface area contributed by atoms with E-state index in [2.05, 4.69) is 32.4 Å². The molecule has 11 nitrogen and oxygen atoms in total. The smallest absolute Gasteiger partial charge is 0.273 e. The Balaban J connectivity index is 1.25. The van der Waals surface area contributed by atoms with Crippen molar-refractivity contribution in [3.8, 4) is 22.6 Å². The van der Waals surface area contributed by atoms with Crippen LogP contribution in [0.3, 0.4) is 0 Å². The van der Waals surface area contributed by atoms with E-state index in [0.29, 0.717) is 48.1 Å². The number of carbonyl (C=O) groups excluding carboxylic acids is 1. The number of anilines is 1. The van der Waals surface area contributed by atoms with Crippen LogP contribution in [0.1, 0.15) is 34.6 Å². The van der Waals surface area contributed by atoms with Crippen molar-refractivity contribution in [2.45, 2.75) is 24.6 Å². The van der Waals surface area contributed by atoms with Gasteiger partial charge in [-0.05, 0) is 48.7 Å². The van der Waals surface area contributed by atoms with E-state index in [-0.39, 0.29) is 23.2 Å². The Kier molecular flexibility index (Phi) is 6.31. The van der Waals surface area contributed by atoms with E-state index in [1.807, 2.05) is 28.9 Å². The van der Waals surface area contributed by atoms with Gasteiger partial charge < -0.3 is 9.80 Å². The maximum Gasteiger partial charge on any atom is 0.273 e. The fourth-order valence-electron chi connectivity index (χ4n) is 5.89. The SMILES string of the molecule is C[C@@H]1c2ccccc2CCN1C(=O)c1cc(-c2cnn(C)n2)n2nc(-c3ccc(N4CC(S(C)(=O)=O)C4)cc3F)cc2n1. The van der Waals surface area contributed by atoms with E-state index in [9.17, 15) is 13.2 Å². The van der Waals surface area contributed by atoms with E-state index in [4.69, 9.17) is 0 Å². The number of nitrogens with zero attached hydrogens (tertiary/aromatic N) is 8. The van der Waals surface area contributed by atoms with E-state index >= 15 is 4.39 Å². The lowest BCUT2D eigenvalue weighted by Crippen LogP contribution is -2.54. The zero-order valence-corrected chi connectivity index (χ0v) is 24.7. The van der Waals surface area contributed by atoms with Crippen LogP contribution in [-0.4, -0.2) is 80.0 Å². The first-order chi connectivity index (χ1) is 20.6. The number of amides is 1. The third-order valence-electron chi connectivity index (χ3n) is 8.41. The number of fused-ring (bicyclic) bond motifs is 2. The number of sulfone groups is 1. The molecule has 43 heavy (non-hydrogen) atoms. The number of halogens is 1. The summed E-state index contributed by atoms with van der Waals surface area (Å²) in [6.07, 6.45) is 3.55. The predicted octanol–water partition coefficient (Wildman–Crippen LogP) is 3.32. The van der Waals surface area contributed by atoms with Gasteiger partial charge in [-0.3, -0.25) is 4.79 Å². The van der Waals surface area contributed by atoms with Crippen LogP contribution in [0.4, 0.5) is 10.1 Å². The number of benzene rings is 2. The average Bonchev–Trinajstić information content (AvgIpc) is 3.57. The molecule has 1 saturated heterocycles. The average molecular weight is 601 g/mol. The Hall–Kier alpha value is -4.65. The molecule has 0 aliphatic carbocycles. The molecule has 1 atom stereocenters. The molecule has 0 radical (unpaired) electrons. The molecule has 5 aromatic rings. The highest BCUT2D eigenvalue weighted by Crippen LogP contribution is 2.33. The molecule has 1 amide bonds. The highest BCUT2D eigenvalue weighted by molar-refractivity contribution is 7.91. The molecule has 0 saturated carbocycles. The third-order valence-corrected chi connectivity index (χ3v) is 9.92. The van der Waals surface area contributed by atoms with Crippen LogP contribution in [0.2, 0.25) is 0 Å². The normalized spacial score (nSPS) is 17.3. The molecule has 0 spiro atoms. The van der Waals surface area contributed by atoms with E-state index in [0.717, 1.165) is 12.0 Å². The molecule has 2 aromatic carbocycles. The molecule has 7 rings (SSSR count). The van der Waals surface area contributed by atoms with Gasteiger partial charge >= 0.3 is 0 Å². The van der Waals surface area contributed by atoms with Crippen LogP contribution in [0.25, 0.3) is 28.3 Å². The number of carbonyl (C=O) groups is 1. The van der Waals surface area contributed by atoms with Gasteiger partial charge in [0.15, 0.2) is 15.5 Å². The van der Waals surface area contributed by atoms with Crippen LogP contribution in [0.5, 0.6) is 0 Å². The van der Waals surface area contributed by atoms with Crippen LogP contribution < -0.4 is 4.90 Å². The summed E-state index contributed by atoms with van der Waals surface area (Å²) in [4.78, 5) is 23.6. The van der Waals surface area contributed by atoms with E-state index < -0.39 is 20.9 Å². The van der Waals surface area contributed by atoms with E-state index in [1.165, 1.54) is 22.7 Å². The van der Waals surface area contributed by atoms with Gasteiger partial charge in [-0.15, -0.1) is 0 Å². The van der Waals surface area contributed by atoms with Crippen molar-refractivity contribution in [2.24, 2.45) is 7.05 Å². The van der Waals surface area contributed by atoms with E-state index in [1.54, 1.807) is 42.0 Å². The zero-order valence-electron chi connectivity index (χ0n) is 23.8. The third kappa shape index (κ3) is 4.73. The second kappa shape index (κ2) is 9.97. The van der Waals surface area contributed by atoms with Crippen LogP contribution in [0.15, 0.2) is 60.8 Å². The first kappa shape index (κ1) is 27.2. The molecule has 220 valence electrons. The Morgan fingerprint density at radius 3 is 2.53 bits per heavy atom. The quantitative estimate of drug-likeness (QED) is 0.302. The Morgan fingerprint density at radius 1 is 1.02 bits per heavy atom. The van der Waals surface area contributed by atoms with Crippen molar-refractivity contribution < 1.29 is 17.6 Å². The van der Waals surface area contributed by atoms with Crippen molar-refractivity contribution >= 4 is 27.1 Å². The molecule has 0 unspecified atom stereocenters. The second-order valence-corrected chi connectivity index (χ2v) is 13.5. The molecular weight excluding hydrogens is 571 g/mol. The molecule has 13 heteroatoms. The largest absolute Gasteiger partial charge is 0.369 e. The summed E-state index contributed by atoms with van der Waals surface area (Å²) in [6, 6.07) is 16.1. The molecule has 5 heterocycles. The topological polar surface area (TPSA) is 119 Å². The summed E-state index contributed by atoms with van der Waals surface area (Å²) in [5.41, 5.74) is 5.15. The highest BCUT2D eigenvalue weighted by Gasteiger charge is 2.35. The lowest BCUT2D eigenvalue weighted by Gasteiger charge is -2.39. The molecule has 1 fully saturated rings. The van der Waals surface area contributed by atoms with Gasteiger partial charge in [-0.1, -0.05) is 24.3 Å². The number of aromatic nitrogens is 6. The first-order valence-corrected chi connectivity index (χ1v) is 15.9. The monoisotopic (exact) mass is 600 g/mol.